The van der Waals surface area contributed by atoms with E-state index in [2.05, 4.69) is 0 Å². The third kappa shape index (κ3) is 4.09. The van der Waals surface area contributed by atoms with Gasteiger partial charge in [-0.3, -0.25) is 0 Å². The van der Waals surface area contributed by atoms with Crippen LogP contribution in [0.25, 0.3) is 88.0 Å². The zero-order valence-corrected chi connectivity index (χ0v) is 23.6. The van der Waals surface area contributed by atoms with Crippen molar-refractivity contribution in [3.05, 3.63) is 170 Å². The Morgan fingerprint density at radius 1 is 0.378 bits per heavy atom. The molecule has 1 aromatic heterocycles. The summed E-state index contributed by atoms with van der Waals surface area (Å²) in [7, 11) is 0. The molecule has 210 valence electrons. The molecule has 0 aliphatic heterocycles. The van der Waals surface area contributed by atoms with Crippen molar-refractivity contribution in [3.63, 3.8) is 0 Å². The van der Waals surface area contributed by atoms with Gasteiger partial charge in [-0.05, 0) is 78.7 Å². The Hall–Kier alpha value is -5.92. The van der Waals surface area contributed by atoms with E-state index in [1.807, 2.05) is 72.8 Å². The Balaban J connectivity index is 1.48. The molecule has 0 atom stereocenters. The Morgan fingerprint density at radius 2 is 0.933 bits per heavy atom. The standard InChI is InChI=1S/C44H28O/c1-4-14-29(15-5-1)33-25-26-38-39-28-32(24-27-40(39)45-44(38)43(33)31-18-8-3-9-19-31)42-36-22-12-10-20-34(36)41(30-16-6-2-7-17-30)35-21-11-13-23-37(35)42/h1-28H/i2D,6D,7D,10D,11D,12D,13D,16D,17D,20D,21D,22D,23D. The molecule has 0 saturated heterocycles. The fourth-order valence-electron chi connectivity index (χ4n) is 6.28. The fraction of sp³-hybridized carbons (Fsp3) is 0. The molecule has 0 amide bonds. The topological polar surface area (TPSA) is 13.1 Å². The number of furan rings is 1. The molecule has 0 aliphatic carbocycles. The summed E-state index contributed by atoms with van der Waals surface area (Å²) >= 11 is 0. The van der Waals surface area contributed by atoms with E-state index in [0.717, 1.165) is 27.6 Å². The molecule has 0 fully saturated rings. The van der Waals surface area contributed by atoms with Crippen LogP contribution in [-0.2, 0) is 0 Å². The molecule has 8 aromatic carbocycles. The lowest BCUT2D eigenvalue weighted by Gasteiger charge is -2.17. The van der Waals surface area contributed by atoms with Gasteiger partial charge in [-0.1, -0.05) is 151 Å². The van der Waals surface area contributed by atoms with Crippen LogP contribution >= 0.6 is 0 Å². The van der Waals surface area contributed by atoms with E-state index < -0.39 is 84.1 Å². The van der Waals surface area contributed by atoms with Gasteiger partial charge in [0.15, 0.2) is 0 Å². The van der Waals surface area contributed by atoms with Gasteiger partial charge >= 0.3 is 0 Å². The SMILES string of the molecule is [2H]c1c([2H])c([2H])c(-c2c3c([2H])c([2H])c([2H])c([2H])c3c(-c3ccc4oc5c(-c6ccccc6)c(-c6ccccc6)ccc5c4c3)c3c([2H])c([2H])c([2H])c([2H])c23)c([2H])c1[2H]. The molecule has 0 N–H and O–H groups in total. The van der Waals surface area contributed by atoms with Crippen LogP contribution in [0.1, 0.15) is 17.8 Å². The largest absolute Gasteiger partial charge is 0.455 e. The third-order valence-corrected chi connectivity index (χ3v) is 8.20. The van der Waals surface area contributed by atoms with Crippen LogP contribution in [0.5, 0.6) is 0 Å². The van der Waals surface area contributed by atoms with Gasteiger partial charge in [0.1, 0.15) is 11.2 Å². The quantitative estimate of drug-likeness (QED) is 0.187. The van der Waals surface area contributed by atoms with Crippen LogP contribution in [0.4, 0.5) is 0 Å². The van der Waals surface area contributed by atoms with Crippen LogP contribution in [0.3, 0.4) is 0 Å². The fourth-order valence-corrected chi connectivity index (χ4v) is 6.28. The maximum absolute atomic E-state index is 9.29. The second kappa shape index (κ2) is 10.4. The summed E-state index contributed by atoms with van der Waals surface area (Å²) in [6, 6.07) is 20.4. The average Bonchev–Trinajstić information content (AvgIpc) is 3.62. The van der Waals surface area contributed by atoms with Crippen molar-refractivity contribution in [3.8, 4) is 44.5 Å². The Morgan fingerprint density at radius 3 is 1.56 bits per heavy atom. The van der Waals surface area contributed by atoms with Gasteiger partial charge in [0.05, 0.1) is 17.8 Å². The average molecular weight is 586 g/mol. The van der Waals surface area contributed by atoms with E-state index in [1.165, 1.54) is 0 Å². The van der Waals surface area contributed by atoms with Gasteiger partial charge < -0.3 is 4.42 Å². The molecule has 0 radical (unpaired) electrons. The molecule has 0 bridgehead atoms. The van der Waals surface area contributed by atoms with Crippen molar-refractivity contribution in [1.29, 1.82) is 0 Å². The highest BCUT2D eigenvalue weighted by Crippen LogP contribution is 2.46. The first kappa shape index (κ1) is 15.7. The van der Waals surface area contributed by atoms with Gasteiger partial charge in [-0.2, -0.15) is 0 Å². The number of rotatable bonds is 4. The van der Waals surface area contributed by atoms with E-state index in [9.17, 15) is 5.48 Å². The lowest BCUT2D eigenvalue weighted by molar-refractivity contribution is 0.670. The van der Waals surface area contributed by atoms with Gasteiger partial charge in [0, 0.05) is 16.3 Å². The van der Waals surface area contributed by atoms with Crippen LogP contribution in [0, 0.1) is 0 Å². The predicted molar refractivity (Wildman–Crippen MR) is 190 cm³/mol. The lowest BCUT2D eigenvalue weighted by Crippen LogP contribution is -1.90. The first-order valence-electron chi connectivity index (χ1n) is 20.9. The Labute approximate surface area is 279 Å². The molecule has 0 spiro atoms. The van der Waals surface area contributed by atoms with Crippen molar-refractivity contribution >= 4 is 43.5 Å². The minimum atomic E-state index is -0.717. The summed E-state index contributed by atoms with van der Waals surface area (Å²) in [5.41, 5.74) is 4.38. The van der Waals surface area contributed by atoms with Crippen molar-refractivity contribution in [2.24, 2.45) is 0 Å². The summed E-state index contributed by atoms with van der Waals surface area (Å²) in [6.45, 7) is 0. The van der Waals surface area contributed by atoms with Crippen molar-refractivity contribution < 1.29 is 22.2 Å². The number of benzene rings is 8. The van der Waals surface area contributed by atoms with Crippen LogP contribution < -0.4 is 0 Å². The van der Waals surface area contributed by atoms with E-state index in [0.29, 0.717) is 22.1 Å². The zero-order valence-electron chi connectivity index (χ0n) is 36.6. The zero-order chi connectivity index (χ0) is 41.1. The first-order chi connectivity index (χ1) is 27.7. The molecule has 45 heavy (non-hydrogen) atoms. The summed E-state index contributed by atoms with van der Waals surface area (Å²) < 4.78 is 122. The molecule has 0 saturated carbocycles. The van der Waals surface area contributed by atoms with Gasteiger partial charge in [0.25, 0.3) is 0 Å². The second-order valence-corrected chi connectivity index (χ2v) is 10.7. The molecule has 1 nitrogen and oxygen atoms in total. The number of hydrogen-bond donors (Lipinski definition) is 0. The summed E-state index contributed by atoms with van der Waals surface area (Å²) in [5.74, 6) is 0. The lowest BCUT2D eigenvalue weighted by atomic mass is 9.85. The van der Waals surface area contributed by atoms with Gasteiger partial charge in [-0.15, -0.1) is 0 Å². The van der Waals surface area contributed by atoms with E-state index in [4.69, 9.17) is 16.8 Å². The highest BCUT2D eigenvalue weighted by molar-refractivity contribution is 6.22. The van der Waals surface area contributed by atoms with E-state index in [-0.39, 0.29) is 32.7 Å². The molecular formula is C44H28O. The third-order valence-electron chi connectivity index (χ3n) is 8.20. The minimum absolute atomic E-state index is 0.0561. The number of fused-ring (bicyclic) bond motifs is 5. The summed E-state index contributed by atoms with van der Waals surface area (Å²) in [6.07, 6.45) is 0. The summed E-state index contributed by atoms with van der Waals surface area (Å²) in [5, 5.41) is 0.550. The maximum Gasteiger partial charge on any atom is 0.143 e. The molecule has 1 heteroatoms. The predicted octanol–water partition coefficient (Wildman–Crippen LogP) is 12.6. The smallest absolute Gasteiger partial charge is 0.143 e. The van der Waals surface area contributed by atoms with Crippen molar-refractivity contribution in [2.75, 3.05) is 0 Å². The van der Waals surface area contributed by atoms with E-state index in [1.54, 1.807) is 18.2 Å². The molecule has 0 unspecified atom stereocenters. The monoisotopic (exact) mass is 585 g/mol. The summed E-state index contributed by atoms with van der Waals surface area (Å²) in [4.78, 5) is 0. The molecule has 1 heterocycles. The van der Waals surface area contributed by atoms with Gasteiger partial charge in [0.2, 0.25) is 0 Å². The molecule has 9 aromatic rings. The molecule has 9 rings (SSSR count). The number of hydrogen-bond acceptors (Lipinski definition) is 1. The maximum atomic E-state index is 9.29. The van der Waals surface area contributed by atoms with Crippen LogP contribution in [0.2, 0.25) is 0 Å². The van der Waals surface area contributed by atoms with Crippen molar-refractivity contribution in [1.82, 2.24) is 0 Å². The van der Waals surface area contributed by atoms with Crippen LogP contribution in [-0.4, -0.2) is 0 Å². The highest BCUT2D eigenvalue weighted by Gasteiger charge is 2.20. The minimum Gasteiger partial charge on any atom is -0.455 e. The normalized spacial score (nSPS) is 15.6. The van der Waals surface area contributed by atoms with Crippen molar-refractivity contribution in [2.45, 2.75) is 0 Å². The van der Waals surface area contributed by atoms with E-state index >= 15 is 0 Å². The second-order valence-electron chi connectivity index (χ2n) is 10.7. The molecular weight excluding hydrogens is 544 g/mol. The Kier molecular flexibility index (Phi) is 3.62. The Bertz CT molecular complexity index is 3140. The van der Waals surface area contributed by atoms with Crippen LogP contribution in [0.15, 0.2) is 174 Å². The van der Waals surface area contributed by atoms with Gasteiger partial charge in [-0.25, -0.2) is 0 Å². The first-order valence-corrected chi connectivity index (χ1v) is 14.4. The molecule has 0 aliphatic rings. The highest BCUT2D eigenvalue weighted by atomic mass is 16.3.